The van der Waals surface area contributed by atoms with Gasteiger partial charge in [-0.05, 0) is 41.0 Å². The third-order valence-electron chi connectivity index (χ3n) is 4.68. The summed E-state index contributed by atoms with van der Waals surface area (Å²) in [4.78, 5) is 24.0. The maximum atomic E-state index is 12.4. The Labute approximate surface area is 186 Å². The number of hydrogen-bond acceptors (Lipinski definition) is 7. The molecule has 4 rings (SSSR count). The minimum Gasteiger partial charge on any atom is -0.378 e. The first-order chi connectivity index (χ1) is 14.2. The van der Waals surface area contributed by atoms with Crippen molar-refractivity contribution >= 4 is 57.1 Å². The zero-order valence-corrected chi connectivity index (χ0v) is 18.9. The van der Waals surface area contributed by atoms with Gasteiger partial charge in [0.2, 0.25) is 0 Å². The van der Waals surface area contributed by atoms with Crippen molar-refractivity contribution in [3.05, 3.63) is 39.6 Å². The Bertz CT molecular complexity index is 1020. The molecule has 0 atom stereocenters. The number of aromatic nitrogens is 4. The largest absolute Gasteiger partial charge is 0.378 e. The van der Waals surface area contributed by atoms with Gasteiger partial charge in [-0.3, -0.25) is 4.79 Å². The van der Waals surface area contributed by atoms with Crippen LogP contribution in [0.25, 0.3) is 11.0 Å². The molecule has 0 radical (unpaired) electrons. The number of amides is 1. The minimum atomic E-state index is -0.0834. The number of anilines is 1. The van der Waals surface area contributed by atoms with Crippen molar-refractivity contribution < 1.29 is 9.53 Å². The molecule has 0 aliphatic carbocycles. The van der Waals surface area contributed by atoms with Gasteiger partial charge >= 0.3 is 0 Å². The smallest absolute Gasteiger partial charge is 0.252 e. The van der Waals surface area contributed by atoms with E-state index in [4.69, 9.17) is 9.72 Å². The summed E-state index contributed by atoms with van der Waals surface area (Å²) in [5, 5.41) is 9.11. The lowest BCUT2D eigenvalue weighted by molar-refractivity contribution is 0.0951. The number of carbonyl (C=O) groups is 1. The zero-order valence-electron chi connectivity index (χ0n) is 16.0. The second-order valence-corrected chi connectivity index (χ2v) is 8.41. The molecule has 10 heteroatoms. The molecule has 1 aromatic carbocycles. The third kappa shape index (κ3) is 4.48. The van der Waals surface area contributed by atoms with Crippen LogP contribution in [-0.4, -0.2) is 64.8 Å². The second-order valence-electron chi connectivity index (χ2n) is 6.47. The molecule has 3 aromatic rings. The van der Waals surface area contributed by atoms with E-state index in [0.29, 0.717) is 37.0 Å². The number of ether oxygens (including phenoxy) is 1. The molecule has 0 unspecified atom stereocenters. The highest BCUT2D eigenvalue weighted by Gasteiger charge is 2.20. The number of nitrogens with zero attached hydrogens (tertiary/aromatic N) is 5. The summed E-state index contributed by atoms with van der Waals surface area (Å²) in [5.74, 6) is 0.816. The average Bonchev–Trinajstić information content (AvgIpc) is 3.16. The molecular formula is C19H21IN6O2S. The van der Waals surface area contributed by atoms with Crippen molar-refractivity contribution in [1.82, 2.24) is 25.1 Å². The molecule has 1 aliphatic rings. The van der Waals surface area contributed by atoms with E-state index in [0.717, 1.165) is 33.5 Å². The maximum absolute atomic E-state index is 12.4. The Kier molecular flexibility index (Phi) is 6.50. The van der Waals surface area contributed by atoms with E-state index in [1.807, 2.05) is 41.4 Å². The van der Waals surface area contributed by atoms with Crippen LogP contribution in [0.1, 0.15) is 10.4 Å². The predicted octanol–water partition coefficient (Wildman–Crippen LogP) is 2.42. The van der Waals surface area contributed by atoms with Gasteiger partial charge in [-0.25, -0.2) is 14.6 Å². The van der Waals surface area contributed by atoms with Gasteiger partial charge in [0, 0.05) is 23.2 Å². The monoisotopic (exact) mass is 524 g/mol. The normalized spacial score (nSPS) is 14.3. The molecular weight excluding hydrogens is 503 g/mol. The molecule has 0 bridgehead atoms. The van der Waals surface area contributed by atoms with Gasteiger partial charge in [0.15, 0.2) is 10.8 Å². The van der Waals surface area contributed by atoms with Gasteiger partial charge < -0.3 is 15.0 Å². The Morgan fingerprint density at radius 2 is 2.07 bits per heavy atom. The van der Waals surface area contributed by atoms with Crippen LogP contribution in [0.2, 0.25) is 0 Å². The number of rotatable bonds is 6. The summed E-state index contributed by atoms with van der Waals surface area (Å²) in [6.45, 7) is 3.99. The molecule has 1 N–H and O–H groups in total. The van der Waals surface area contributed by atoms with E-state index >= 15 is 0 Å². The highest BCUT2D eigenvalue weighted by Crippen LogP contribution is 2.27. The quantitative estimate of drug-likeness (QED) is 0.301. The van der Waals surface area contributed by atoms with Crippen molar-refractivity contribution in [3.63, 3.8) is 0 Å². The molecule has 1 amide bonds. The van der Waals surface area contributed by atoms with Crippen molar-refractivity contribution in [3.8, 4) is 0 Å². The first-order valence-corrected chi connectivity index (χ1v) is 11.6. The van der Waals surface area contributed by atoms with Gasteiger partial charge in [0.1, 0.15) is 5.82 Å². The molecule has 8 nitrogen and oxygen atoms in total. The van der Waals surface area contributed by atoms with Gasteiger partial charge in [-0.2, -0.15) is 5.10 Å². The van der Waals surface area contributed by atoms with Crippen LogP contribution in [0.5, 0.6) is 0 Å². The van der Waals surface area contributed by atoms with E-state index in [1.54, 1.807) is 0 Å². The van der Waals surface area contributed by atoms with Gasteiger partial charge in [-0.15, -0.1) is 0 Å². The number of morpholine rings is 1. The molecule has 0 saturated carbocycles. The van der Waals surface area contributed by atoms with Gasteiger partial charge in [0.05, 0.1) is 36.9 Å². The van der Waals surface area contributed by atoms with E-state index in [9.17, 15) is 4.79 Å². The average molecular weight is 524 g/mol. The highest BCUT2D eigenvalue weighted by atomic mass is 127. The highest BCUT2D eigenvalue weighted by molar-refractivity contribution is 14.1. The fraction of sp³-hybridized carbons (Fsp3) is 0.368. The summed E-state index contributed by atoms with van der Waals surface area (Å²) in [5.41, 5.74) is 1.47. The number of halogens is 1. The van der Waals surface area contributed by atoms with Gasteiger partial charge in [-0.1, -0.05) is 23.9 Å². The topological polar surface area (TPSA) is 85.2 Å². The van der Waals surface area contributed by atoms with Crippen molar-refractivity contribution in [2.45, 2.75) is 11.7 Å². The predicted molar refractivity (Wildman–Crippen MR) is 122 cm³/mol. The number of hydrogen-bond donors (Lipinski definition) is 1. The van der Waals surface area contributed by atoms with Crippen LogP contribution in [0.4, 0.5) is 5.82 Å². The van der Waals surface area contributed by atoms with Crippen LogP contribution in [0, 0.1) is 3.57 Å². The molecule has 1 aliphatic heterocycles. The first kappa shape index (κ1) is 20.4. The summed E-state index contributed by atoms with van der Waals surface area (Å²) >= 11 is 3.68. The fourth-order valence-electron chi connectivity index (χ4n) is 3.21. The molecule has 0 spiro atoms. The number of fused-ring (bicyclic) bond motifs is 1. The summed E-state index contributed by atoms with van der Waals surface area (Å²) in [7, 11) is 0. The lowest BCUT2D eigenvalue weighted by atomic mass is 10.2. The molecule has 3 heterocycles. The van der Waals surface area contributed by atoms with Crippen molar-refractivity contribution in [2.24, 2.45) is 0 Å². The Morgan fingerprint density at radius 1 is 1.28 bits per heavy atom. The third-order valence-corrected chi connectivity index (χ3v) is 6.16. The Balaban J connectivity index is 1.52. The lowest BCUT2D eigenvalue weighted by Gasteiger charge is -2.28. The summed E-state index contributed by atoms with van der Waals surface area (Å²) in [6.07, 6.45) is 3.78. The Hall–Kier alpha value is -1.92. The Morgan fingerprint density at radius 3 is 2.83 bits per heavy atom. The van der Waals surface area contributed by atoms with Crippen LogP contribution in [-0.2, 0) is 11.3 Å². The second kappa shape index (κ2) is 9.26. The molecule has 2 aromatic heterocycles. The minimum absolute atomic E-state index is 0.0834. The van der Waals surface area contributed by atoms with Gasteiger partial charge in [0.25, 0.3) is 5.91 Å². The van der Waals surface area contributed by atoms with Crippen LogP contribution >= 0.6 is 34.4 Å². The zero-order chi connectivity index (χ0) is 20.2. The van der Waals surface area contributed by atoms with Crippen LogP contribution in [0.3, 0.4) is 0 Å². The van der Waals surface area contributed by atoms with E-state index in [2.05, 4.69) is 42.9 Å². The maximum Gasteiger partial charge on any atom is 0.252 e. The number of carbonyl (C=O) groups excluding carboxylic acids is 1. The molecule has 29 heavy (non-hydrogen) atoms. The lowest BCUT2D eigenvalue weighted by Crippen LogP contribution is -2.37. The first-order valence-electron chi connectivity index (χ1n) is 9.30. The number of benzene rings is 1. The van der Waals surface area contributed by atoms with E-state index in [1.165, 1.54) is 11.8 Å². The summed E-state index contributed by atoms with van der Waals surface area (Å²) < 4.78 is 8.22. The summed E-state index contributed by atoms with van der Waals surface area (Å²) in [6, 6.07) is 7.53. The fourth-order valence-corrected chi connectivity index (χ4v) is 4.20. The molecule has 152 valence electrons. The van der Waals surface area contributed by atoms with E-state index in [-0.39, 0.29) is 5.91 Å². The van der Waals surface area contributed by atoms with Crippen LogP contribution < -0.4 is 10.2 Å². The van der Waals surface area contributed by atoms with Crippen LogP contribution in [0.15, 0.2) is 35.6 Å². The van der Waals surface area contributed by atoms with Crippen molar-refractivity contribution in [1.29, 1.82) is 0 Å². The van der Waals surface area contributed by atoms with E-state index < -0.39 is 0 Å². The molecule has 1 saturated heterocycles. The van der Waals surface area contributed by atoms with Crippen molar-refractivity contribution in [2.75, 3.05) is 44.0 Å². The number of nitrogens with one attached hydrogen (secondary N) is 1. The number of thioether (sulfide) groups is 1. The standard InChI is InChI=1S/C19H21IN6O2S/c1-29-19-23-16(25-8-10-28-11-9-25)14-12-22-26(17(14)24-19)7-6-21-18(27)13-4-2-3-5-15(13)20/h2-5,12H,6-11H2,1H3,(H,21,27). The SMILES string of the molecule is CSc1nc(N2CCOCC2)c2cnn(CCNC(=O)c3ccccc3I)c2n1. The molecule has 1 fully saturated rings.